The molecule has 1 N–H and O–H groups in total. The molecule has 1 aliphatic heterocycles. The number of nitro groups is 1. The molecule has 1 aliphatic rings. The third-order valence-corrected chi connectivity index (χ3v) is 3.78. The number of likely N-dealkylation sites (tertiary alicyclic amines) is 1. The number of rotatable bonds is 5. The summed E-state index contributed by atoms with van der Waals surface area (Å²) in [4.78, 5) is 16.6. The number of aromatic nitrogens is 2. The highest BCUT2D eigenvalue weighted by molar-refractivity contribution is 5.18. The van der Waals surface area contributed by atoms with Crippen LogP contribution in [0.1, 0.15) is 31.5 Å². The summed E-state index contributed by atoms with van der Waals surface area (Å²) >= 11 is 0. The van der Waals surface area contributed by atoms with Crippen molar-refractivity contribution in [2.24, 2.45) is 0 Å². The first-order chi connectivity index (χ1) is 9.58. The maximum Gasteiger partial charge on any atom is 0.342 e. The number of aliphatic hydroxyl groups excluding tert-OH is 1. The van der Waals surface area contributed by atoms with Crippen molar-refractivity contribution in [1.29, 1.82) is 0 Å². The predicted octanol–water partition coefficient (Wildman–Crippen LogP) is 1.34. The van der Waals surface area contributed by atoms with Gasteiger partial charge < -0.3 is 20.1 Å². The van der Waals surface area contributed by atoms with E-state index >= 15 is 0 Å². The minimum atomic E-state index is -0.611. The van der Waals surface area contributed by atoms with Crippen molar-refractivity contribution in [3.05, 3.63) is 22.1 Å². The van der Waals surface area contributed by atoms with Gasteiger partial charge in [-0.3, -0.25) is 0 Å². The van der Waals surface area contributed by atoms with Crippen LogP contribution in [0.3, 0.4) is 0 Å². The van der Waals surface area contributed by atoms with E-state index in [0.29, 0.717) is 12.4 Å². The first-order valence-electron chi connectivity index (χ1n) is 7.15. The topological polar surface area (TPSA) is 84.4 Å². The number of aliphatic hydroxyl groups is 1. The van der Waals surface area contributed by atoms with Gasteiger partial charge in [-0.25, -0.2) is 9.55 Å². The average Bonchev–Trinajstić information content (AvgIpc) is 2.62. The normalized spacial score (nSPS) is 18.7. The van der Waals surface area contributed by atoms with E-state index in [-0.39, 0.29) is 12.4 Å². The van der Waals surface area contributed by atoms with E-state index in [1.54, 1.807) is 6.92 Å². The van der Waals surface area contributed by atoms with Gasteiger partial charge in [0.05, 0.1) is 0 Å². The largest absolute Gasteiger partial charge is 0.388 e. The smallest absolute Gasteiger partial charge is 0.342 e. The van der Waals surface area contributed by atoms with E-state index in [9.17, 15) is 15.2 Å². The molecule has 2 heterocycles. The van der Waals surface area contributed by atoms with Gasteiger partial charge in [-0.2, -0.15) is 0 Å². The number of hydrogen-bond donors (Lipinski definition) is 1. The minimum absolute atomic E-state index is 0.0579. The molecule has 1 aromatic rings. The molecule has 1 aromatic heterocycles. The highest BCUT2D eigenvalue weighted by Crippen LogP contribution is 2.15. The van der Waals surface area contributed by atoms with Crippen LogP contribution in [-0.4, -0.2) is 50.2 Å². The first kappa shape index (κ1) is 14.9. The molecule has 7 nitrogen and oxygen atoms in total. The third kappa shape index (κ3) is 3.77. The fraction of sp³-hybridized carbons (Fsp3) is 0.769. The van der Waals surface area contributed by atoms with Crippen LogP contribution in [0.15, 0.2) is 6.20 Å². The monoisotopic (exact) mass is 282 g/mol. The van der Waals surface area contributed by atoms with Crippen molar-refractivity contribution in [3.63, 3.8) is 0 Å². The number of β-amino-alcohol motifs (C(OH)–C–C–N with tert-alkyl or cyclic N) is 1. The SMILES string of the molecule is Cc1ncc([N+](=O)[O-])n1CC(O)CN1CCCCCC1. The van der Waals surface area contributed by atoms with Crippen LogP contribution in [0.2, 0.25) is 0 Å². The summed E-state index contributed by atoms with van der Waals surface area (Å²) in [6.07, 6.45) is 5.46. The van der Waals surface area contributed by atoms with Crippen molar-refractivity contribution >= 4 is 5.82 Å². The second kappa shape index (κ2) is 6.81. The Kier molecular flexibility index (Phi) is 5.08. The summed E-state index contributed by atoms with van der Waals surface area (Å²) in [5, 5.41) is 21.1. The van der Waals surface area contributed by atoms with Crippen molar-refractivity contribution in [2.45, 2.75) is 45.3 Å². The van der Waals surface area contributed by atoms with E-state index in [2.05, 4.69) is 9.88 Å². The lowest BCUT2D eigenvalue weighted by atomic mass is 10.2. The van der Waals surface area contributed by atoms with Crippen LogP contribution in [-0.2, 0) is 6.54 Å². The number of aryl methyl sites for hydroxylation is 1. The van der Waals surface area contributed by atoms with Crippen molar-refractivity contribution < 1.29 is 10.0 Å². The Labute approximate surface area is 118 Å². The Morgan fingerprint density at radius 1 is 1.35 bits per heavy atom. The molecule has 0 aromatic carbocycles. The lowest BCUT2D eigenvalue weighted by Crippen LogP contribution is -2.35. The van der Waals surface area contributed by atoms with Gasteiger partial charge in [0, 0.05) is 13.5 Å². The third-order valence-electron chi connectivity index (χ3n) is 3.78. The number of nitrogens with zero attached hydrogens (tertiary/aromatic N) is 4. The first-order valence-corrected chi connectivity index (χ1v) is 7.15. The molecule has 7 heteroatoms. The fourth-order valence-corrected chi connectivity index (χ4v) is 2.71. The van der Waals surface area contributed by atoms with Gasteiger partial charge in [-0.05, 0) is 30.9 Å². The Hall–Kier alpha value is -1.47. The molecule has 0 spiro atoms. The van der Waals surface area contributed by atoms with Crippen LogP contribution in [0.25, 0.3) is 0 Å². The van der Waals surface area contributed by atoms with Crippen molar-refractivity contribution in [2.75, 3.05) is 19.6 Å². The Bertz CT molecular complexity index is 452. The molecule has 0 saturated carbocycles. The molecule has 1 unspecified atom stereocenters. The van der Waals surface area contributed by atoms with E-state index in [1.165, 1.54) is 23.6 Å². The lowest BCUT2D eigenvalue weighted by Gasteiger charge is -2.22. The molecule has 1 fully saturated rings. The lowest BCUT2D eigenvalue weighted by molar-refractivity contribution is -0.392. The molecule has 20 heavy (non-hydrogen) atoms. The summed E-state index contributed by atoms with van der Waals surface area (Å²) in [6, 6.07) is 0. The molecule has 0 amide bonds. The second-order valence-electron chi connectivity index (χ2n) is 5.40. The zero-order valence-corrected chi connectivity index (χ0v) is 11.9. The van der Waals surface area contributed by atoms with Crippen LogP contribution in [0, 0.1) is 17.0 Å². The van der Waals surface area contributed by atoms with Crippen LogP contribution in [0.5, 0.6) is 0 Å². The Morgan fingerprint density at radius 2 is 2.00 bits per heavy atom. The summed E-state index contributed by atoms with van der Waals surface area (Å²) in [6.45, 7) is 4.50. The van der Waals surface area contributed by atoms with Gasteiger partial charge in [0.2, 0.25) is 0 Å². The predicted molar refractivity (Wildman–Crippen MR) is 74.5 cm³/mol. The molecule has 0 radical (unpaired) electrons. The summed E-state index contributed by atoms with van der Waals surface area (Å²) in [5.74, 6) is 0.504. The van der Waals surface area contributed by atoms with Gasteiger partial charge >= 0.3 is 5.82 Å². The molecular weight excluding hydrogens is 260 g/mol. The van der Waals surface area contributed by atoms with Gasteiger partial charge in [-0.15, -0.1) is 0 Å². The zero-order chi connectivity index (χ0) is 14.5. The number of imidazole rings is 1. The standard InChI is InChI=1S/C13H22N4O3/c1-11-14-8-13(17(19)20)16(11)10-12(18)9-15-6-4-2-3-5-7-15/h8,12,18H,2-7,9-10H2,1H3. The summed E-state index contributed by atoms with van der Waals surface area (Å²) in [7, 11) is 0. The van der Waals surface area contributed by atoms with Crippen LogP contribution in [0.4, 0.5) is 5.82 Å². The molecule has 0 aliphatic carbocycles. The van der Waals surface area contributed by atoms with Crippen molar-refractivity contribution in [3.8, 4) is 0 Å². The van der Waals surface area contributed by atoms with E-state index < -0.39 is 11.0 Å². The Morgan fingerprint density at radius 3 is 2.60 bits per heavy atom. The van der Waals surface area contributed by atoms with Gasteiger partial charge in [0.1, 0.15) is 18.8 Å². The minimum Gasteiger partial charge on any atom is -0.388 e. The Balaban J connectivity index is 1.95. The highest BCUT2D eigenvalue weighted by Gasteiger charge is 2.22. The van der Waals surface area contributed by atoms with E-state index in [0.717, 1.165) is 25.9 Å². The summed E-state index contributed by atoms with van der Waals surface area (Å²) in [5.41, 5.74) is 0. The second-order valence-corrected chi connectivity index (χ2v) is 5.40. The molecule has 1 saturated heterocycles. The highest BCUT2D eigenvalue weighted by atomic mass is 16.6. The molecule has 2 rings (SSSR count). The molecule has 112 valence electrons. The van der Waals surface area contributed by atoms with E-state index in [1.807, 2.05) is 0 Å². The molecular formula is C13H22N4O3. The quantitative estimate of drug-likeness (QED) is 0.650. The summed E-state index contributed by atoms with van der Waals surface area (Å²) < 4.78 is 1.47. The number of hydrogen-bond acceptors (Lipinski definition) is 5. The maximum atomic E-state index is 10.9. The van der Waals surface area contributed by atoms with Gasteiger partial charge in [0.25, 0.3) is 0 Å². The maximum absolute atomic E-state index is 10.9. The van der Waals surface area contributed by atoms with Gasteiger partial charge in [0.15, 0.2) is 5.82 Å². The van der Waals surface area contributed by atoms with Gasteiger partial charge in [-0.1, -0.05) is 12.8 Å². The van der Waals surface area contributed by atoms with E-state index in [4.69, 9.17) is 0 Å². The molecule has 1 atom stereocenters. The average molecular weight is 282 g/mol. The van der Waals surface area contributed by atoms with Crippen LogP contribution >= 0.6 is 0 Å². The van der Waals surface area contributed by atoms with Crippen molar-refractivity contribution in [1.82, 2.24) is 14.5 Å². The fourth-order valence-electron chi connectivity index (χ4n) is 2.71. The van der Waals surface area contributed by atoms with Crippen LogP contribution < -0.4 is 0 Å². The molecule has 0 bridgehead atoms. The zero-order valence-electron chi connectivity index (χ0n) is 11.9.